The van der Waals surface area contributed by atoms with Crippen LogP contribution in [-0.2, 0) is 0 Å². The van der Waals surface area contributed by atoms with E-state index in [0.29, 0.717) is 21.5 Å². The lowest BCUT2D eigenvalue weighted by atomic mass is 10.1. The molecule has 4 aromatic rings. The number of carbonyl (C=O) groups excluding carboxylic acids is 1. The quantitative estimate of drug-likeness (QED) is 0.420. The van der Waals surface area contributed by atoms with E-state index in [-0.39, 0.29) is 21.9 Å². The molecule has 2 aromatic carbocycles. The number of aromatic nitrogens is 1. The van der Waals surface area contributed by atoms with Crippen LogP contribution in [0, 0.1) is 18.6 Å². The number of halogens is 2. The van der Waals surface area contributed by atoms with Gasteiger partial charge in [0.2, 0.25) is 0 Å². The van der Waals surface area contributed by atoms with Gasteiger partial charge in [-0.05, 0) is 37.3 Å². The van der Waals surface area contributed by atoms with E-state index in [1.54, 1.807) is 13.0 Å². The fraction of sp³-hybridized carbons (Fsp3) is 0.0455. The Morgan fingerprint density at radius 3 is 2.61 bits per heavy atom. The molecule has 31 heavy (non-hydrogen) atoms. The molecule has 0 bridgehead atoms. The number of thiophene rings is 1. The van der Waals surface area contributed by atoms with Crippen LogP contribution in [0.5, 0.6) is 11.5 Å². The Labute approximate surface area is 178 Å². The van der Waals surface area contributed by atoms with Gasteiger partial charge in [0, 0.05) is 18.3 Å². The number of ether oxygens (including phenoxy) is 1. The third-order valence-corrected chi connectivity index (χ3v) is 5.50. The van der Waals surface area contributed by atoms with Crippen molar-refractivity contribution in [2.45, 2.75) is 6.92 Å². The second-order valence-electron chi connectivity index (χ2n) is 6.62. The van der Waals surface area contributed by atoms with Gasteiger partial charge in [-0.15, -0.1) is 11.3 Å². The summed E-state index contributed by atoms with van der Waals surface area (Å²) >= 11 is 0.994. The minimum Gasteiger partial charge on any atom is -0.477 e. The molecule has 1 amide bonds. The van der Waals surface area contributed by atoms with Crippen LogP contribution in [-0.4, -0.2) is 22.0 Å². The summed E-state index contributed by atoms with van der Waals surface area (Å²) in [7, 11) is 0. The molecule has 0 aliphatic rings. The van der Waals surface area contributed by atoms with E-state index in [0.717, 1.165) is 17.4 Å². The topological polar surface area (TPSA) is 88.5 Å². The molecule has 9 heteroatoms. The van der Waals surface area contributed by atoms with E-state index < -0.39 is 23.5 Å². The van der Waals surface area contributed by atoms with E-state index in [1.165, 1.54) is 42.6 Å². The number of aromatic carboxylic acids is 1. The first-order valence-electron chi connectivity index (χ1n) is 8.98. The summed E-state index contributed by atoms with van der Waals surface area (Å²) < 4.78 is 34.7. The molecule has 0 aliphatic heterocycles. The number of pyridine rings is 1. The van der Waals surface area contributed by atoms with Crippen LogP contribution in [0.4, 0.5) is 14.5 Å². The Balaban J connectivity index is 1.57. The summed E-state index contributed by atoms with van der Waals surface area (Å²) in [6.07, 6.45) is 1.46. The monoisotopic (exact) mass is 440 g/mol. The fourth-order valence-electron chi connectivity index (χ4n) is 2.89. The number of rotatable bonds is 5. The van der Waals surface area contributed by atoms with E-state index in [1.807, 2.05) is 0 Å². The van der Waals surface area contributed by atoms with Crippen LogP contribution < -0.4 is 10.1 Å². The van der Waals surface area contributed by atoms with Crippen molar-refractivity contribution < 1.29 is 28.2 Å². The maximum atomic E-state index is 14.6. The van der Waals surface area contributed by atoms with Crippen LogP contribution in [0.2, 0.25) is 0 Å². The predicted molar refractivity (Wildman–Crippen MR) is 112 cm³/mol. The first-order chi connectivity index (χ1) is 14.8. The van der Waals surface area contributed by atoms with Crippen LogP contribution in [0.15, 0.2) is 54.7 Å². The Bertz CT molecular complexity index is 1340. The normalized spacial score (nSPS) is 10.8. The van der Waals surface area contributed by atoms with Gasteiger partial charge in [0.1, 0.15) is 28.0 Å². The summed E-state index contributed by atoms with van der Waals surface area (Å²) in [6.45, 7) is 1.71. The third kappa shape index (κ3) is 4.22. The zero-order valence-electron chi connectivity index (χ0n) is 16.0. The Kier molecular flexibility index (Phi) is 5.35. The molecule has 2 N–H and O–H groups in total. The lowest BCUT2D eigenvalue weighted by Gasteiger charge is -2.10. The summed E-state index contributed by atoms with van der Waals surface area (Å²) in [5.74, 6) is -2.88. The van der Waals surface area contributed by atoms with Crippen molar-refractivity contribution in [2.24, 2.45) is 0 Å². The number of nitrogens with zero attached hydrogens (tertiary/aromatic N) is 1. The molecule has 156 valence electrons. The van der Waals surface area contributed by atoms with E-state index >= 15 is 0 Å². The molecule has 0 saturated carbocycles. The maximum Gasteiger partial charge on any atom is 0.345 e. The molecular formula is C22H14F2N2O4S. The highest BCUT2D eigenvalue weighted by Crippen LogP contribution is 2.35. The first kappa shape index (κ1) is 20.4. The Hall–Kier alpha value is -3.85. The van der Waals surface area contributed by atoms with Crippen molar-refractivity contribution in [2.75, 3.05) is 5.32 Å². The number of benzene rings is 2. The molecule has 0 radical (unpaired) electrons. The largest absolute Gasteiger partial charge is 0.477 e. The molecule has 4 rings (SSSR count). The molecule has 0 unspecified atom stereocenters. The number of nitrogens with one attached hydrogen (secondary N) is 1. The van der Waals surface area contributed by atoms with Crippen molar-refractivity contribution in [3.8, 4) is 11.5 Å². The fourth-order valence-corrected chi connectivity index (χ4v) is 3.80. The summed E-state index contributed by atoms with van der Waals surface area (Å²) in [5.41, 5.74) is 0.816. The molecule has 2 heterocycles. The third-order valence-electron chi connectivity index (χ3n) is 4.37. The molecule has 0 aliphatic carbocycles. The van der Waals surface area contributed by atoms with Crippen LogP contribution >= 0.6 is 11.3 Å². The van der Waals surface area contributed by atoms with Gasteiger partial charge in [-0.25, -0.2) is 13.6 Å². The Morgan fingerprint density at radius 1 is 1.06 bits per heavy atom. The number of hydrogen-bond acceptors (Lipinski definition) is 5. The van der Waals surface area contributed by atoms with Crippen LogP contribution in [0.1, 0.15) is 25.6 Å². The van der Waals surface area contributed by atoms with Crippen molar-refractivity contribution in [1.82, 2.24) is 4.98 Å². The van der Waals surface area contributed by atoms with Gasteiger partial charge in [0.15, 0.2) is 0 Å². The minimum absolute atomic E-state index is 0.103. The molecule has 0 fully saturated rings. The van der Waals surface area contributed by atoms with Crippen molar-refractivity contribution in [1.29, 1.82) is 0 Å². The molecule has 6 nitrogen and oxygen atoms in total. The predicted octanol–water partition coefficient (Wildman–Crippen LogP) is 5.63. The van der Waals surface area contributed by atoms with Crippen molar-refractivity contribution in [3.63, 3.8) is 0 Å². The van der Waals surface area contributed by atoms with Crippen molar-refractivity contribution >= 4 is 39.1 Å². The molecular weight excluding hydrogens is 426 g/mol. The van der Waals surface area contributed by atoms with E-state index in [4.69, 9.17) is 9.84 Å². The second kappa shape index (κ2) is 8.11. The zero-order chi connectivity index (χ0) is 22.1. The summed E-state index contributed by atoms with van der Waals surface area (Å²) in [5, 5.41) is 11.5. The van der Waals surface area contributed by atoms with E-state index in [2.05, 4.69) is 10.3 Å². The maximum absolute atomic E-state index is 14.6. The van der Waals surface area contributed by atoms with Crippen LogP contribution in [0.3, 0.4) is 0 Å². The lowest BCUT2D eigenvalue weighted by Crippen LogP contribution is -2.15. The van der Waals surface area contributed by atoms with Crippen molar-refractivity contribution in [3.05, 3.63) is 82.4 Å². The van der Waals surface area contributed by atoms with Gasteiger partial charge in [0.05, 0.1) is 21.5 Å². The van der Waals surface area contributed by atoms with Gasteiger partial charge >= 0.3 is 5.97 Å². The second-order valence-corrected chi connectivity index (χ2v) is 7.67. The number of fused-ring (bicyclic) bond motifs is 1. The van der Waals surface area contributed by atoms with E-state index in [9.17, 15) is 18.4 Å². The number of carbonyl (C=O) groups is 2. The SMILES string of the molecule is Cc1ccc(F)c(C(=O)Nc2ccc(Oc3ccnc4cc(C(=O)O)sc34)cc2F)c1. The highest BCUT2D eigenvalue weighted by Gasteiger charge is 2.16. The first-order valence-corrected chi connectivity index (χ1v) is 9.80. The standard InChI is InChI=1S/C22H14F2N2O4S/c1-11-2-4-14(23)13(8-11)21(27)26-16-5-3-12(9-15(16)24)30-18-6-7-25-17-10-19(22(28)29)31-20(17)18/h2-10H,1H3,(H,26,27)(H,28,29). The average molecular weight is 440 g/mol. The molecule has 0 spiro atoms. The lowest BCUT2D eigenvalue weighted by molar-refractivity contribution is 0.0702. The van der Waals surface area contributed by atoms with Gasteiger partial charge in [0.25, 0.3) is 5.91 Å². The van der Waals surface area contributed by atoms with Gasteiger partial charge in [-0.1, -0.05) is 11.6 Å². The number of anilines is 1. The highest BCUT2D eigenvalue weighted by molar-refractivity contribution is 7.21. The molecule has 0 saturated heterocycles. The summed E-state index contributed by atoms with van der Waals surface area (Å²) in [6, 6.07) is 10.9. The highest BCUT2D eigenvalue weighted by atomic mass is 32.1. The Morgan fingerprint density at radius 2 is 1.87 bits per heavy atom. The summed E-state index contributed by atoms with van der Waals surface area (Å²) in [4.78, 5) is 27.7. The number of aryl methyl sites for hydroxylation is 1. The van der Waals surface area contributed by atoms with Gasteiger partial charge < -0.3 is 15.2 Å². The average Bonchev–Trinajstić information content (AvgIpc) is 3.17. The van der Waals surface area contributed by atoms with Gasteiger partial charge in [-0.2, -0.15) is 0 Å². The number of carboxylic acid groups (broad SMARTS) is 1. The zero-order valence-corrected chi connectivity index (χ0v) is 16.8. The van der Waals surface area contributed by atoms with Crippen LogP contribution in [0.25, 0.3) is 10.2 Å². The smallest absolute Gasteiger partial charge is 0.345 e. The molecule has 2 aromatic heterocycles. The minimum atomic E-state index is -1.08. The number of hydrogen-bond donors (Lipinski definition) is 2. The number of amides is 1. The molecule has 0 atom stereocenters. The van der Waals surface area contributed by atoms with Gasteiger partial charge in [-0.3, -0.25) is 9.78 Å². The number of carboxylic acids is 1.